The van der Waals surface area contributed by atoms with Crippen LogP contribution in [0.3, 0.4) is 0 Å². The Kier molecular flexibility index (Phi) is 10.5. The highest BCUT2D eigenvalue weighted by Gasteiger charge is 2.13. The maximum atomic E-state index is 12.2. The molecule has 0 bridgehead atoms. The summed E-state index contributed by atoms with van der Waals surface area (Å²) in [5.74, 6) is 1.02. The monoisotopic (exact) mass is 567 g/mol. The first kappa shape index (κ1) is 27.7. The van der Waals surface area contributed by atoms with Crippen LogP contribution in [0.5, 0.6) is 17.2 Å². The highest BCUT2D eigenvalue weighted by molar-refractivity contribution is 9.10. The Balaban J connectivity index is 1.54. The maximum absolute atomic E-state index is 12.2. The summed E-state index contributed by atoms with van der Waals surface area (Å²) < 4.78 is 17.7. The number of hydrogen-bond donors (Lipinski definition) is 2. The summed E-state index contributed by atoms with van der Waals surface area (Å²) in [6.07, 6.45) is 1.49. The van der Waals surface area contributed by atoms with Crippen molar-refractivity contribution in [3.8, 4) is 17.2 Å². The van der Waals surface area contributed by atoms with Crippen LogP contribution in [0.15, 0.2) is 70.2 Å². The number of hydrogen-bond acceptors (Lipinski definition) is 6. The highest BCUT2D eigenvalue weighted by Crippen LogP contribution is 2.37. The molecular formula is C28H30BrN3O5. The number of carbonyl (C=O) groups excluding carboxylic acids is 2. The zero-order valence-corrected chi connectivity index (χ0v) is 22.6. The minimum Gasteiger partial charge on any atom is -0.495 e. The van der Waals surface area contributed by atoms with Crippen LogP contribution >= 0.6 is 15.9 Å². The van der Waals surface area contributed by atoms with Gasteiger partial charge in [-0.3, -0.25) is 9.59 Å². The number of nitrogens with one attached hydrogen (secondary N) is 2. The van der Waals surface area contributed by atoms with Gasteiger partial charge in [-0.2, -0.15) is 5.10 Å². The lowest BCUT2D eigenvalue weighted by molar-refractivity contribution is -0.124. The van der Waals surface area contributed by atoms with Crippen LogP contribution in [0.4, 0.5) is 5.69 Å². The molecule has 194 valence electrons. The van der Waals surface area contributed by atoms with Crippen LogP contribution < -0.4 is 25.0 Å². The molecule has 0 aromatic heterocycles. The van der Waals surface area contributed by atoms with Gasteiger partial charge in [0, 0.05) is 12.8 Å². The molecule has 0 radical (unpaired) electrons. The quantitative estimate of drug-likeness (QED) is 0.219. The van der Waals surface area contributed by atoms with E-state index in [1.54, 1.807) is 24.3 Å². The number of rotatable bonds is 12. The smallest absolute Gasteiger partial charge is 0.240 e. The Morgan fingerprint density at radius 3 is 2.43 bits per heavy atom. The van der Waals surface area contributed by atoms with Gasteiger partial charge < -0.3 is 19.5 Å². The van der Waals surface area contributed by atoms with Gasteiger partial charge in [0.2, 0.25) is 11.8 Å². The number of aryl methyl sites for hydroxylation is 1. The molecule has 3 aromatic rings. The van der Waals surface area contributed by atoms with Crippen molar-refractivity contribution in [2.24, 2.45) is 5.10 Å². The van der Waals surface area contributed by atoms with E-state index in [1.807, 2.05) is 50.2 Å². The van der Waals surface area contributed by atoms with Crippen molar-refractivity contribution in [2.75, 3.05) is 19.0 Å². The Morgan fingerprint density at radius 1 is 0.973 bits per heavy atom. The van der Waals surface area contributed by atoms with Crippen molar-refractivity contribution < 1.29 is 23.8 Å². The summed E-state index contributed by atoms with van der Waals surface area (Å²) >= 11 is 3.54. The van der Waals surface area contributed by atoms with Crippen LogP contribution in [-0.2, 0) is 16.2 Å². The lowest BCUT2D eigenvalue weighted by atomic mass is 10.2. The average molecular weight is 568 g/mol. The molecule has 0 aliphatic carbocycles. The zero-order valence-electron chi connectivity index (χ0n) is 21.0. The molecule has 9 heteroatoms. The number of para-hydroxylation sites is 2. The molecule has 8 nitrogen and oxygen atoms in total. The van der Waals surface area contributed by atoms with Gasteiger partial charge in [-0.15, -0.1) is 0 Å². The molecule has 2 amide bonds. The molecule has 37 heavy (non-hydrogen) atoms. The van der Waals surface area contributed by atoms with Gasteiger partial charge in [0.15, 0.2) is 11.5 Å². The van der Waals surface area contributed by atoms with E-state index in [0.29, 0.717) is 46.2 Å². The van der Waals surface area contributed by atoms with Gasteiger partial charge in [-0.1, -0.05) is 42.0 Å². The molecule has 0 aliphatic rings. The second-order valence-electron chi connectivity index (χ2n) is 8.08. The van der Waals surface area contributed by atoms with Crippen LogP contribution in [0.25, 0.3) is 0 Å². The number of ether oxygens (including phenoxy) is 3. The number of nitrogens with zero attached hydrogens (tertiary/aromatic N) is 1. The molecule has 3 aromatic carbocycles. The summed E-state index contributed by atoms with van der Waals surface area (Å²) in [6, 6.07) is 18.8. The Hall–Kier alpha value is -3.85. The highest BCUT2D eigenvalue weighted by atomic mass is 79.9. The van der Waals surface area contributed by atoms with E-state index >= 15 is 0 Å². The van der Waals surface area contributed by atoms with Crippen molar-refractivity contribution in [1.82, 2.24) is 5.43 Å². The maximum Gasteiger partial charge on any atom is 0.240 e. The largest absolute Gasteiger partial charge is 0.495 e. The normalized spacial score (nSPS) is 10.7. The zero-order chi connectivity index (χ0) is 26.6. The van der Waals surface area contributed by atoms with Crippen molar-refractivity contribution in [1.29, 1.82) is 0 Å². The molecular weight excluding hydrogens is 538 g/mol. The molecule has 0 unspecified atom stereocenters. The minimum absolute atomic E-state index is 0.00641. The van der Waals surface area contributed by atoms with Gasteiger partial charge in [-0.25, -0.2) is 5.43 Å². The SMILES string of the molecule is CCOc1cc(C=NNC(=O)CCC(=O)Nc2ccccc2OC)cc(Br)c1OCc1ccc(C)cc1. The number of carbonyl (C=O) groups is 2. The molecule has 3 rings (SSSR count). The summed E-state index contributed by atoms with van der Waals surface area (Å²) in [6.45, 7) is 4.79. The fourth-order valence-corrected chi connectivity index (χ4v) is 3.90. The van der Waals surface area contributed by atoms with E-state index < -0.39 is 0 Å². The van der Waals surface area contributed by atoms with E-state index in [4.69, 9.17) is 14.2 Å². The number of methoxy groups -OCH3 is 1. The van der Waals surface area contributed by atoms with E-state index in [9.17, 15) is 9.59 Å². The lowest BCUT2D eigenvalue weighted by Crippen LogP contribution is -2.20. The summed E-state index contributed by atoms with van der Waals surface area (Å²) in [4.78, 5) is 24.4. The third-order valence-corrected chi connectivity index (χ3v) is 5.79. The van der Waals surface area contributed by atoms with E-state index in [0.717, 1.165) is 5.56 Å². The fourth-order valence-electron chi connectivity index (χ4n) is 3.33. The first-order valence-electron chi connectivity index (χ1n) is 11.8. The number of amides is 2. The Labute approximate surface area is 225 Å². The Morgan fingerprint density at radius 2 is 1.70 bits per heavy atom. The standard InChI is InChI=1S/C28H30BrN3O5/c1-4-36-25-16-21(15-22(29)28(25)37-18-20-11-9-19(2)10-12-20)17-30-32-27(34)14-13-26(33)31-23-7-5-6-8-24(23)35-3/h5-12,15-17H,4,13-14,18H2,1-3H3,(H,31,33)(H,32,34). The summed E-state index contributed by atoms with van der Waals surface area (Å²) in [7, 11) is 1.53. The molecule has 0 aliphatic heterocycles. The fraction of sp³-hybridized carbons (Fsp3) is 0.250. The second-order valence-corrected chi connectivity index (χ2v) is 8.93. The molecule has 0 spiro atoms. The molecule has 0 saturated heterocycles. The topological polar surface area (TPSA) is 98.2 Å². The van der Waals surface area contributed by atoms with E-state index in [-0.39, 0.29) is 24.7 Å². The van der Waals surface area contributed by atoms with Crippen molar-refractivity contribution in [2.45, 2.75) is 33.3 Å². The van der Waals surface area contributed by atoms with Gasteiger partial charge in [0.1, 0.15) is 12.4 Å². The first-order chi connectivity index (χ1) is 17.9. The molecule has 0 atom stereocenters. The van der Waals surface area contributed by atoms with Crippen LogP contribution in [0, 0.1) is 6.92 Å². The number of hydrazone groups is 1. The van der Waals surface area contributed by atoms with Crippen LogP contribution in [-0.4, -0.2) is 31.7 Å². The number of halogens is 1. The van der Waals surface area contributed by atoms with Gasteiger partial charge in [0.05, 0.1) is 30.1 Å². The van der Waals surface area contributed by atoms with E-state index in [1.165, 1.54) is 18.9 Å². The van der Waals surface area contributed by atoms with Gasteiger partial charge in [0.25, 0.3) is 0 Å². The number of benzene rings is 3. The first-order valence-corrected chi connectivity index (χ1v) is 12.6. The van der Waals surface area contributed by atoms with Crippen molar-refractivity contribution >= 4 is 39.6 Å². The minimum atomic E-state index is -0.381. The van der Waals surface area contributed by atoms with Crippen LogP contribution in [0.2, 0.25) is 0 Å². The number of anilines is 1. The molecule has 0 heterocycles. The lowest BCUT2D eigenvalue weighted by Gasteiger charge is -2.15. The third kappa shape index (κ3) is 8.64. The average Bonchev–Trinajstić information content (AvgIpc) is 2.88. The predicted molar refractivity (Wildman–Crippen MR) is 147 cm³/mol. The van der Waals surface area contributed by atoms with Gasteiger partial charge in [-0.05, 0) is 65.2 Å². The van der Waals surface area contributed by atoms with Crippen molar-refractivity contribution in [3.05, 3.63) is 81.8 Å². The second kappa shape index (κ2) is 14.0. The van der Waals surface area contributed by atoms with Gasteiger partial charge >= 0.3 is 0 Å². The summed E-state index contributed by atoms with van der Waals surface area (Å²) in [5, 5.41) is 6.75. The van der Waals surface area contributed by atoms with Crippen molar-refractivity contribution in [3.63, 3.8) is 0 Å². The summed E-state index contributed by atoms with van der Waals surface area (Å²) in [5.41, 5.74) is 5.93. The third-order valence-electron chi connectivity index (χ3n) is 5.20. The predicted octanol–water partition coefficient (Wildman–Crippen LogP) is 5.61. The molecule has 0 saturated carbocycles. The van der Waals surface area contributed by atoms with E-state index in [2.05, 4.69) is 31.8 Å². The molecule has 0 fully saturated rings. The Bertz CT molecular complexity index is 1250. The molecule has 2 N–H and O–H groups in total. The van der Waals surface area contributed by atoms with Crippen LogP contribution in [0.1, 0.15) is 36.5 Å².